The maximum atomic E-state index is 13.9. The van der Waals surface area contributed by atoms with Crippen molar-refractivity contribution in [3.05, 3.63) is 83.6 Å². The fraction of sp³-hybridized carbons (Fsp3) is 0.182. The summed E-state index contributed by atoms with van der Waals surface area (Å²) in [6.45, 7) is -0.376. The number of nitrogens with one attached hydrogen (secondary N) is 1. The van der Waals surface area contributed by atoms with Gasteiger partial charge >= 0.3 is 0 Å². The van der Waals surface area contributed by atoms with Crippen molar-refractivity contribution in [2.45, 2.75) is 12.5 Å². The molecule has 9 heteroatoms. The van der Waals surface area contributed by atoms with Gasteiger partial charge in [0.1, 0.15) is 17.6 Å². The molecule has 0 saturated heterocycles. The van der Waals surface area contributed by atoms with Crippen molar-refractivity contribution in [3.63, 3.8) is 0 Å². The van der Waals surface area contributed by atoms with Crippen molar-refractivity contribution >= 4 is 17.3 Å². The Hall–Kier alpha value is -3.75. The molecule has 2 aromatic carbocycles. The van der Waals surface area contributed by atoms with E-state index in [1.807, 2.05) is 12.1 Å². The number of nitrogens with zero attached hydrogens (tertiary/aromatic N) is 2. The zero-order chi connectivity index (χ0) is 22.0. The maximum Gasteiger partial charge on any atom is 0.262 e. The van der Waals surface area contributed by atoms with Gasteiger partial charge in [-0.05, 0) is 54.1 Å². The lowest BCUT2D eigenvalue weighted by atomic mass is 10.0. The normalized spacial score (nSPS) is 15.7. The van der Waals surface area contributed by atoms with Crippen molar-refractivity contribution in [3.8, 4) is 5.75 Å². The number of furan rings is 1. The van der Waals surface area contributed by atoms with Crippen LogP contribution in [0.3, 0.4) is 0 Å². The molecule has 160 valence electrons. The summed E-state index contributed by atoms with van der Waals surface area (Å²) in [5, 5.41) is 8.21. The molecule has 3 aromatic rings. The molecule has 1 aliphatic rings. The SMILES string of the molecule is COc1ccc(C2=NN(C(=O)CNc3ccc(F)c(F)c3F)C(c3ccco3)C2)cc1. The van der Waals surface area contributed by atoms with E-state index in [2.05, 4.69) is 10.4 Å². The van der Waals surface area contributed by atoms with E-state index >= 15 is 0 Å². The third-order valence-electron chi connectivity index (χ3n) is 4.93. The van der Waals surface area contributed by atoms with Gasteiger partial charge in [-0.2, -0.15) is 5.10 Å². The van der Waals surface area contributed by atoms with E-state index in [4.69, 9.17) is 9.15 Å². The quantitative estimate of drug-likeness (QED) is 0.586. The molecule has 0 bridgehead atoms. The van der Waals surface area contributed by atoms with Crippen LogP contribution in [0, 0.1) is 17.5 Å². The Morgan fingerprint density at radius 3 is 2.61 bits per heavy atom. The Balaban J connectivity index is 1.55. The number of halogens is 3. The maximum absolute atomic E-state index is 13.9. The average Bonchev–Trinajstić information content (AvgIpc) is 3.47. The third-order valence-corrected chi connectivity index (χ3v) is 4.93. The number of carbonyl (C=O) groups is 1. The zero-order valence-corrected chi connectivity index (χ0v) is 16.4. The van der Waals surface area contributed by atoms with Gasteiger partial charge in [0.25, 0.3) is 5.91 Å². The van der Waals surface area contributed by atoms with E-state index in [0.29, 0.717) is 23.6 Å². The highest BCUT2D eigenvalue weighted by Gasteiger charge is 2.34. The molecule has 1 N–H and O–H groups in total. The smallest absolute Gasteiger partial charge is 0.262 e. The fourth-order valence-corrected chi connectivity index (χ4v) is 3.32. The largest absolute Gasteiger partial charge is 0.497 e. The van der Waals surface area contributed by atoms with Crippen molar-refractivity contribution in [2.75, 3.05) is 19.0 Å². The van der Waals surface area contributed by atoms with Crippen LogP contribution in [0.2, 0.25) is 0 Å². The van der Waals surface area contributed by atoms with Crippen LogP contribution in [0.15, 0.2) is 64.3 Å². The Morgan fingerprint density at radius 2 is 1.94 bits per heavy atom. The number of benzene rings is 2. The number of carbonyl (C=O) groups excluding carboxylic acids is 1. The van der Waals surface area contributed by atoms with E-state index in [1.165, 1.54) is 11.3 Å². The number of hydrazone groups is 1. The van der Waals surface area contributed by atoms with E-state index in [9.17, 15) is 18.0 Å². The molecule has 0 aliphatic carbocycles. The summed E-state index contributed by atoms with van der Waals surface area (Å²) < 4.78 is 51.1. The average molecular weight is 429 g/mol. The molecule has 1 aromatic heterocycles. The highest BCUT2D eigenvalue weighted by molar-refractivity contribution is 6.03. The van der Waals surface area contributed by atoms with Gasteiger partial charge in [0.15, 0.2) is 17.5 Å². The summed E-state index contributed by atoms with van der Waals surface area (Å²) in [6, 6.07) is 12.0. The molecule has 0 radical (unpaired) electrons. The highest BCUT2D eigenvalue weighted by Crippen LogP contribution is 2.33. The number of rotatable bonds is 6. The van der Waals surface area contributed by atoms with Crippen molar-refractivity contribution in [1.82, 2.24) is 5.01 Å². The first-order valence-electron chi connectivity index (χ1n) is 9.42. The van der Waals surface area contributed by atoms with Crippen LogP contribution in [-0.4, -0.2) is 30.3 Å². The monoisotopic (exact) mass is 429 g/mol. The predicted molar refractivity (Wildman–Crippen MR) is 107 cm³/mol. The van der Waals surface area contributed by atoms with Crippen LogP contribution >= 0.6 is 0 Å². The van der Waals surface area contributed by atoms with Gasteiger partial charge in [0.2, 0.25) is 0 Å². The summed E-state index contributed by atoms with van der Waals surface area (Å²) in [4.78, 5) is 12.9. The summed E-state index contributed by atoms with van der Waals surface area (Å²) in [6.07, 6.45) is 1.91. The minimum Gasteiger partial charge on any atom is -0.497 e. The Kier molecular flexibility index (Phi) is 5.66. The summed E-state index contributed by atoms with van der Waals surface area (Å²) in [7, 11) is 1.57. The van der Waals surface area contributed by atoms with Crippen LogP contribution in [0.25, 0.3) is 0 Å². The number of ether oxygens (including phenoxy) is 1. The Bertz CT molecular complexity index is 1120. The molecule has 1 amide bonds. The van der Waals surface area contributed by atoms with Crippen molar-refractivity contribution < 1.29 is 27.1 Å². The van der Waals surface area contributed by atoms with Gasteiger partial charge in [0, 0.05) is 6.42 Å². The number of methoxy groups -OCH3 is 1. The van der Waals surface area contributed by atoms with Gasteiger partial charge in [-0.3, -0.25) is 4.79 Å². The van der Waals surface area contributed by atoms with E-state index in [1.54, 1.807) is 31.4 Å². The zero-order valence-electron chi connectivity index (χ0n) is 16.4. The number of hydrogen-bond acceptors (Lipinski definition) is 5. The molecule has 2 heterocycles. The summed E-state index contributed by atoms with van der Waals surface area (Å²) >= 11 is 0. The molecular weight excluding hydrogens is 411 g/mol. The topological polar surface area (TPSA) is 67.1 Å². The Morgan fingerprint density at radius 1 is 1.16 bits per heavy atom. The van der Waals surface area contributed by atoms with Crippen molar-refractivity contribution in [2.24, 2.45) is 5.10 Å². The van der Waals surface area contributed by atoms with Gasteiger partial charge < -0.3 is 14.5 Å². The van der Waals surface area contributed by atoms with Crippen molar-refractivity contribution in [1.29, 1.82) is 0 Å². The Labute approximate surface area is 175 Å². The van der Waals surface area contributed by atoms with Gasteiger partial charge in [-0.25, -0.2) is 18.2 Å². The first-order chi connectivity index (χ1) is 15.0. The van der Waals surface area contributed by atoms with Crippen LogP contribution < -0.4 is 10.1 Å². The summed E-state index contributed by atoms with van der Waals surface area (Å²) in [5.41, 5.74) is 1.16. The third kappa shape index (κ3) is 4.11. The second-order valence-corrected chi connectivity index (χ2v) is 6.83. The van der Waals surface area contributed by atoms with Gasteiger partial charge in [0.05, 0.1) is 31.3 Å². The van der Waals surface area contributed by atoms with Gasteiger partial charge in [-0.15, -0.1) is 0 Å². The van der Waals surface area contributed by atoms with Crippen LogP contribution in [-0.2, 0) is 4.79 Å². The lowest BCUT2D eigenvalue weighted by molar-refractivity contribution is -0.131. The number of hydrogen-bond donors (Lipinski definition) is 1. The lowest BCUT2D eigenvalue weighted by Crippen LogP contribution is -2.32. The first-order valence-corrected chi connectivity index (χ1v) is 9.42. The fourth-order valence-electron chi connectivity index (χ4n) is 3.32. The van der Waals surface area contributed by atoms with E-state index < -0.39 is 29.4 Å². The molecule has 0 fully saturated rings. The van der Waals surface area contributed by atoms with E-state index in [-0.39, 0.29) is 12.2 Å². The molecule has 0 spiro atoms. The second-order valence-electron chi connectivity index (χ2n) is 6.83. The molecular formula is C22H18F3N3O3. The summed E-state index contributed by atoms with van der Waals surface area (Å²) in [5.74, 6) is -3.56. The lowest BCUT2D eigenvalue weighted by Gasteiger charge is -2.20. The van der Waals surface area contributed by atoms with Crippen LogP contribution in [0.1, 0.15) is 23.8 Å². The molecule has 0 saturated carbocycles. The molecule has 4 rings (SSSR count). The standard InChI is InChI=1S/C22H18F3N3O3/c1-30-14-6-4-13(5-7-14)17-11-18(19-3-2-10-31-19)28(27-17)20(29)12-26-16-9-8-15(23)21(24)22(16)25/h2-10,18,26H,11-12H2,1H3. The van der Waals surface area contributed by atoms with Crippen LogP contribution in [0.4, 0.5) is 18.9 Å². The molecule has 1 unspecified atom stereocenters. The van der Waals surface area contributed by atoms with E-state index in [0.717, 1.165) is 17.7 Å². The molecule has 6 nitrogen and oxygen atoms in total. The minimum absolute atomic E-state index is 0.319. The molecule has 1 atom stereocenters. The predicted octanol–water partition coefficient (Wildman–Crippen LogP) is 4.50. The second kappa shape index (κ2) is 8.55. The van der Waals surface area contributed by atoms with Gasteiger partial charge in [-0.1, -0.05) is 0 Å². The first kappa shape index (κ1) is 20.5. The number of anilines is 1. The van der Waals surface area contributed by atoms with Crippen LogP contribution in [0.5, 0.6) is 5.75 Å². The number of amides is 1. The minimum atomic E-state index is -1.60. The molecule has 31 heavy (non-hydrogen) atoms. The highest BCUT2D eigenvalue weighted by atomic mass is 19.2. The molecule has 1 aliphatic heterocycles.